The zero-order valence-electron chi connectivity index (χ0n) is 3.02. The minimum absolute atomic E-state index is 0. The Morgan fingerprint density at radius 2 is 1.00 bits per heavy atom. The van der Waals surface area contributed by atoms with Gasteiger partial charge in [0.05, 0.1) is 0 Å². The molecular formula is AgIO4Zn. The molecule has 0 unspecified atom stereocenters. The van der Waals surface area contributed by atoms with Gasteiger partial charge in [0.25, 0.3) is 21.1 Å². The van der Waals surface area contributed by atoms with E-state index in [1.807, 2.05) is 0 Å². The molecule has 0 heterocycles. The molecule has 0 rings (SSSR count). The summed E-state index contributed by atoms with van der Waals surface area (Å²) in [6.07, 6.45) is 0. The first-order valence-electron chi connectivity index (χ1n) is 0.463. The van der Waals surface area contributed by atoms with Gasteiger partial charge in [0, 0.05) is 0 Å². The molecule has 7 heteroatoms. The topological polar surface area (TPSA) is 97.7 Å². The normalized spacial score (nSPS) is 5.14. The summed E-state index contributed by atoms with van der Waals surface area (Å²) in [5.74, 6) is 0. The van der Waals surface area contributed by atoms with Crippen LogP contribution in [0.2, 0.25) is 0 Å². The van der Waals surface area contributed by atoms with E-state index >= 15 is 0 Å². The third-order valence-electron chi connectivity index (χ3n) is 0. The molecule has 0 aromatic heterocycles. The number of rotatable bonds is 0. The van der Waals surface area contributed by atoms with Gasteiger partial charge >= 0.3 is 41.9 Å². The van der Waals surface area contributed by atoms with E-state index in [4.69, 9.17) is 10.3 Å². The molecule has 0 saturated heterocycles. The third kappa shape index (κ3) is 74.7. The standard InChI is InChI=1S/Ag.IO3.O.Zn/c;2-1(3)4;;/q+1;-1;-2;+2. The van der Waals surface area contributed by atoms with Crippen molar-refractivity contribution in [1.29, 1.82) is 0 Å². The van der Waals surface area contributed by atoms with Crippen molar-refractivity contribution in [3.63, 3.8) is 0 Å². The van der Waals surface area contributed by atoms with Crippen LogP contribution < -0.4 is 31.4 Å². The summed E-state index contributed by atoms with van der Waals surface area (Å²) in [5.41, 5.74) is 0. The van der Waals surface area contributed by atoms with Gasteiger partial charge in [0.2, 0.25) is 0 Å². The minimum atomic E-state index is -4.01. The zero-order chi connectivity index (χ0) is 3.58. The van der Waals surface area contributed by atoms with Crippen LogP contribution in [-0.4, -0.2) is 0 Å². The van der Waals surface area contributed by atoms with Gasteiger partial charge < -0.3 is 15.8 Å². The molecule has 0 radical (unpaired) electrons. The van der Waals surface area contributed by atoms with E-state index in [2.05, 4.69) is 0 Å². The Balaban J connectivity index is -0.0000000150. The Morgan fingerprint density at radius 1 is 1.00 bits per heavy atom. The molecule has 0 fully saturated rings. The van der Waals surface area contributed by atoms with Crippen LogP contribution in [0.25, 0.3) is 0 Å². The second kappa shape index (κ2) is 15.7. The van der Waals surface area contributed by atoms with Gasteiger partial charge in [-0.15, -0.1) is 0 Å². The van der Waals surface area contributed by atoms with Crippen LogP contribution in [-0.2, 0) is 47.3 Å². The second-order valence-corrected chi connectivity index (χ2v) is 1.27. The molecule has 0 saturated carbocycles. The van der Waals surface area contributed by atoms with Crippen LogP contribution >= 0.6 is 0 Å². The summed E-state index contributed by atoms with van der Waals surface area (Å²) in [7, 11) is 0. The van der Waals surface area contributed by atoms with Crippen molar-refractivity contribution in [3.8, 4) is 0 Å². The van der Waals surface area contributed by atoms with Gasteiger partial charge in [0.15, 0.2) is 0 Å². The van der Waals surface area contributed by atoms with E-state index in [0.717, 1.165) is 0 Å². The minimum Gasteiger partial charge on any atom is -2.00 e. The van der Waals surface area contributed by atoms with Crippen molar-refractivity contribution in [3.05, 3.63) is 0 Å². The molecule has 0 N–H and O–H groups in total. The van der Waals surface area contributed by atoms with E-state index in [-0.39, 0.29) is 47.3 Å². The first-order chi connectivity index (χ1) is 1.73. The van der Waals surface area contributed by atoms with Crippen molar-refractivity contribution in [2.24, 2.45) is 0 Å². The van der Waals surface area contributed by atoms with Crippen LogP contribution in [0, 0.1) is 0 Å². The number of hydrogen-bond acceptors (Lipinski definition) is 3. The third-order valence-corrected chi connectivity index (χ3v) is 0. The monoisotopic (exact) mass is 362 g/mol. The van der Waals surface area contributed by atoms with E-state index in [0.29, 0.717) is 0 Å². The summed E-state index contributed by atoms with van der Waals surface area (Å²) in [4.78, 5) is 0. The van der Waals surface area contributed by atoms with E-state index in [1.54, 1.807) is 0 Å². The first-order valence-corrected chi connectivity index (χ1v) is 3.11. The predicted octanol–water partition coefficient (Wildman–Crippen LogP) is -6.69. The molecule has 0 aliphatic rings. The van der Waals surface area contributed by atoms with Crippen LogP contribution in [0.5, 0.6) is 0 Å². The first kappa shape index (κ1) is 23.1. The van der Waals surface area contributed by atoms with Gasteiger partial charge in [-0.3, -0.25) is 0 Å². The van der Waals surface area contributed by atoms with Gasteiger partial charge in [-0.2, -0.15) is 0 Å². The van der Waals surface area contributed by atoms with E-state index < -0.39 is 21.1 Å². The molecule has 0 spiro atoms. The van der Waals surface area contributed by atoms with E-state index in [9.17, 15) is 0 Å². The Bertz CT molecular complexity index is 16.4. The fourth-order valence-corrected chi connectivity index (χ4v) is 0. The quantitative estimate of drug-likeness (QED) is 0.316. The van der Waals surface area contributed by atoms with Crippen molar-refractivity contribution >= 4 is 0 Å². The smallest absolute Gasteiger partial charge is 2.00 e. The molecule has 0 aliphatic heterocycles. The van der Waals surface area contributed by atoms with Crippen molar-refractivity contribution < 1.29 is 78.7 Å². The fraction of sp³-hybridized carbons (Fsp3) is 0. The Kier molecular flexibility index (Phi) is 51.7. The van der Waals surface area contributed by atoms with Crippen LogP contribution in [0.3, 0.4) is 0 Å². The summed E-state index contributed by atoms with van der Waals surface area (Å²) in [6.45, 7) is 0. The SMILES string of the molecule is [Ag+].[O-2].[O-][I+2]([O-])[O-].[Zn+2]. The summed E-state index contributed by atoms with van der Waals surface area (Å²) >= 11 is -4.01. The molecule has 0 bridgehead atoms. The summed E-state index contributed by atoms with van der Waals surface area (Å²) in [5, 5.41) is 0. The molecule has 0 aliphatic carbocycles. The summed E-state index contributed by atoms with van der Waals surface area (Å²) in [6, 6.07) is 0. The molecule has 0 amide bonds. The van der Waals surface area contributed by atoms with Gasteiger partial charge in [0.1, 0.15) is 0 Å². The van der Waals surface area contributed by atoms with Gasteiger partial charge in [-0.1, -0.05) is 0 Å². The predicted molar refractivity (Wildman–Crippen MR) is 0.686 cm³/mol. The molecular weight excluding hydrogens is 364 g/mol. The molecule has 0 atom stereocenters. The van der Waals surface area contributed by atoms with Crippen molar-refractivity contribution in [2.45, 2.75) is 0 Å². The van der Waals surface area contributed by atoms with Crippen LogP contribution in [0.4, 0.5) is 0 Å². The zero-order valence-corrected chi connectivity index (χ0v) is 9.63. The number of hydrogen-bond donors (Lipinski definition) is 0. The second-order valence-electron chi connectivity index (χ2n) is 0.189. The maximum atomic E-state index is 8.57. The largest absolute Gasteiger partial charge is 2.00 e. The molecule has 0 aromatic carbocycles. The Labute approximate surface area is 77.9 Å². The Hall–Kier alpha value is 1.93. The molecule has 4 nitrogen and oxygen atoms in total. The molecule has 7 heavy (non-hydrogen) atoms. The van der Waals surface area contributed by atoms with E-state index in [1.165, 1.54) is 0 Å². The maximum absolute atomic E-state index is 8.57. The van der Waals surface area contributed by atoms with Gasteiger partial charge in [-0.05, 0) is 0 Å². The fourth-order valence-electron chi connectivity index (χ4n) is 0. The molecule has 0 aromatic rings. The van der Waals surface area contributed by atoms with Crippen molar-refractivity contribution in [2.75, 3.05) is 0 Å². The summed E-state index contributed by atoms with van der Waals surface area (Å²) < 4.78 is 25.7. The average molecular weight is 364 g/mol. The van der Waals surface area contributed by atoms with Crippen LogP contribution in [0.15, 0.2) is 0 Å². The number of halogens is 1. The van der Waals surface area contributed by atoms with Gasteiger partial charge in [-0.25, -0.2) is 0 Å². The molecule has 44 valence electrons. The maximum Gasteiger partial charge on any atom is 2.00 e. The van der Waals surface area contributed by atoms with Crippen LogP contribution in [0.1, 0.15) is 0 Å². The average Bonchev–Trinajstić information content (AvgIpc) is 0.811. The Morgan fingerprint density at radius 3 is 1.00 bits per heavy atom. The van der Waals surface area contributed by atoms with Crippen molar-refractivity contribution in [1.82, 2.24) is 0 Å².